The molecule has 4 rings (SSSR count). The van der Waals surface area contributed by atoms with E-state index in [0.29, 0.717) is 43.5 Å². The van der Waals surface area contributed by atoms with E-state index < -0.39 is 60.1 Å². The maximum absolute atomic E-state index is 13.6. The van der Waals surface area contributed by atoms with Crippen molar-refractivity contribution < 1.29 is 62.6 Å². The Kier molecular flexibility index (Phi) is 20.1. The summed E-state index contributed by atoms with van der Waals surface area (Å²) in [6, 6.07) is 10.9. The summed E-state index contributed by atoms with van der Waals surface area (Å²) >= 11 is 0. The van der Waals surface area contributed by atoms with E-state index in [4.69, 9.17) is 19.1 Å². The first-order valence-electron chi connectivity index (χ1n) is 19.4. The van der Waals surface area contributed by atoms with E-state index in [1.54, 1.807) is 30.9 Å². The molecule has 1 aliphatic rings. The number of benzene rings is 2. The number of hydrogen-bond donors (Lipinski definition) is 7. The Labute approximate surface area is 352 Å². The Morgan fingerprint density at radius 2 is 1.66 bits per heavy atom. The van der Waals surface area contributed by atoms with Crippen LogP contribution in [0.4, 0.5) is 5.69 Å². The molecule has 1 saturated heterocycles. The van der Waals surface area contributed by atoms with Crippen molar-refractivity contribution in [2.45, 2.75) is 84.2 Å². The van der Waals surface area contributed by atoms with Gasteiger partial charge in [-0.1, -0.05) is 39.2 Å². The number of aliphatic carboxylic acids is 2. The van der Waals surface area contributed by atoms with E-state index in [9.17, 15) is 43.5 Å². The molecule has 3 aromatic rings. The molecule has 3 atom stereocenters. The third kappa shape index (κ3) is 13.6. The topological polar surface area (TPSA) is 321 Å². The van der Waals surface area contributed by atoms with Gasteiger partial charge in [-0.15, -0.1) is 0 Å². The van der Waals surface area contributed by atoms with E-state index in [0.717, 1.165) is 24.3 Å². The van der Waals surface area contributed by atoms with Crippen LogP contribution in [0.5, 0.6) is 5.75 Å². The summed E-state index contributed by atoms with van der Waals surface area (Å²) in [6.45, 7) is 5.84. The molecular weight excluding hydrogens is 798 g/mol. The van der Waals surface area contributed by atoms with Crippen LogP contribution in [-0.2, 0) is 28.8 Å². The molecular formula is C41H55N7O13. The molecule has 61 heavy (non-hydrogen) atoms. The van der Waals surface area contributed by atoms with Crippen molar-refractivity contribution in [3.8, 4) is 17.1 Å². The van der Waals surface area contributed by atoms with E-state index in [1.807, 2.05) is 6.92 Å². The molecule has 11 N–H and O–H groups in total. The number of ether oxygens (including phenoxy) is 1. The number of amides is 5. The third-order valence-electron chi connectivity index (χ3n) is 9.58. The molecule has 2 aromatic carbocycles. The van der Waals surface area contributed by atoms with Crippen molar-refractivity contribution in [2.24, 2.45) is 5.92 Å². The number of anilines is 1. The molecule has 20 heteroatoms. The fraction of sp³-hybridized carbons (Fsp3) is 0.415. The van der Waals surface area contributed by atoms with Crippen LogP contribution < -0.4 is 37.9 Å². The Bertz CT molecular complexity index is 2000. The van der Waals surface area contributed by atoms with Crippen LogP contribution in [0.15, 0.2) is 59.0 Å². The number of unbranched alkanes of at least 4 members (excludes halogenated alkanes) is 2. The van der Waals surface area contributed by atoms with Crippen molar-refractivity contribution in [3.05, 3.63) is 71.5 Å². The highest BCUT2D eigenvalue weighted by Crippen LogP contribution is 2.30. The molecule has 1 fully saturated rings. The number of nitrogens with zero attached hydrogens (tertiary/aromatic N) is 2. The van der Waals surface area contributed by atoms with Crippen LogP contribution in [0.3, 0.4) is 0 Å². The van der Waals surface area contributed by atoms with Gasteiger partial charge in [0, 0.05) is 24.2 Å². The van der Waals surface area contributed by atoms with Gasteiger partial charge in [-0.05, 0) is 74.7 Å². The predicted octanol–water partition coefficient (Wildman–Crippen LogP) is 4.46. The highest BCUT2D eigenvalue weighted by Gasteiger charge is 2.34. The minimum Gasteiger partial charge on any atom is -0.493 e. The fourth-order valence-corrected chi connectivity index (χ4v) is 6.56. The average molecular weight is 854 g/mol. The maximum atomic E-state index is 13.6. The number of hydrogen-bond acceptors (Lipinski definition) is 13. The standard InChI is InChI=1S/C41H49N5O13.2H3N/c1-4-7-8-10-28(31(5-2)46(24-47)59-41(56)25-12-15-27(16-13-25)45-20-9-11-35(45)48)37(51)42-23-43-39(53)33-19-18-32(58-33)26-14-17-29(34(21-26)57-6-3)38(52)44-30(40(54)55)22-36(49)50;;/h12-19,21,24,28,30-31H,4-11,20,22-23H2,1-3H3,(H,42,51)(H,43,53)(H,44,52)(H,49,50)(H,54,55);2*1H3/t28-,30+,31-;;/m1../s1. The molecule has 0 saturated carbocycles. The van der Waals surface area contributed by atoms with Gasteiger partial charge in [0.2, 0.25) is 18.2 Å². The average Bonchev–Trinajstić information content (AvgIpc) is 3.89. The monoisotopic (exact) mass is 853 g/mol. The number of carbonyl (C=O) groups is 8. The molecule has 1 aliphatic heterocycles. The summed E-state index contributed by atoms with van der Waals surface area (Å²) < 4.78 is 11.3. The molecule has 0 spiro atoms. The van der Waals surface area contributed by atoms with Crippen LogP contribution in [0.25, 0.3) is 11.3 Å². The van der Waals surface area contributed by atoms with Gasteiger partial charge in [0.15, 0.2) is 5.76 Å². The van der Waals surface area contributed by atoms with Gasteiger partial charge in [0.1, 0.15) is 17.6 Å². The van der Waals surface area contributed by atoms with Gasteiger partial charge in [-0.25, -0.2) is 9.59 Å². The Morgan fingerprint density at radius 3 is 2.25 bits per heavy atom. The van der Waals surface area contributed by atoms with Crippen LogP contribution in [0.1, 0.15) is 103 Å². The zero-order chi connectivity index (χ0) is 43.1. The van der Waals surface area contributed by atoms with Gasteiger partial charge in [0.25, 0.3) is 11.8 Å². The molecule has 2 heterocycles. The lowest BCUT2D eigenvalue weighted by Gasteiger charge is -2.31. The van der Waals surface area contributed by atoms with E-state index in [1.165, 1.54) is 42.5 Å². The summed E-state index contributed by atoms with van der Waals surface area (Å²) in [5.74, 6) is -6.42. The predicted molar refractivity (Wildman–Crippen MR) is 220 cm³/mol. The Hall–Kier alpha value is -6.80. The van der Waals surface area contributed by atoms with E-state index in [2.05, 4.69) is 16.0 Å². The van der Waals surface area contributed by atoms with Gasteiger partial charge in [0.05, 0.1) is 42.8 Å². The van der Waals surface area contributed by atoms with Crippen molar-refractivity contribution in [3.63, 3.8) is 0 Å². The number of hydroxylamine groups is 2. The third-order valence-corrected chi connectivity index (χ3v) is 9.58. The zero-order valence-corrected chi connectivity index (χ0v) is 34.5. The van der Waals surface area contributed by atoms with Crippen LogP contribution in [-0.4, -0.2) is 95.1 Å². The summed E-state index contributed by atoms with van der Waals surface area (Å²) in [5, 5.41) is 26.6. The highest BCUT2D eigenvalue weighted by molar-refractivity contribution is 6.00. The minimum atomic E-state index is -1.68. The lowest BCUT2D eigenvalue weighted by molar-refractivity contribution is -0.171. The van der Waals surface area contributed by atoms with E-state index in [-0.39, 0.29) is 66.3 Å². The van der Waals surface area contributed by atoms with Crippen LogP contribution in [0, 0.1) is 5.92 Å². The summed E-state index contributed by atoms with van der Waals surface area (Å²) in [5.41, 5.74) is 1.14. The number of nitrogens with one attached hydrogen (secondary N) is 3. The number of carbonyl (C=O) groups excluding carboxylic acids is 6. The molecule has 0 radical (unpaired) electrons. The largest absolute Gasteiger partial charge is 0.493 e. The number of furan rings is 1. The van der Waals surface area contributed by atoms with Crippen molar-refractivity contribution in [1.82, 2.24) is 33.3 Å². The molecule has 1 aromatic heterocycles. The number of carboxylic acid groups (broad SMARTS) is 2. The summed E-state index contributed by atoms with van der Waals surface area (Å²) in [7, 11) is 0. The smallest absolute Gasteiger partial charge is 0.363 e. The molecule has 20 nitrogen and oxygen atoms in total. The molecule has 0 unspecified atom stereocenters. The minimum absolute atomic E-state index is 0. The summed E-state index contributed by atoms with van der Waals surface area (Å²) in [6.07, 6.45) is 3.68. The SMILES string of the molecule is CCCCC[C@@H](C(=O)NCNC(=O)c1ccc(-c2ccc(C(=O)N[C@@H](CC(=O)O)C(=O)O)c(OCC)c2)o1)[C@@H](CC)N(C=O)OC(=O)c1ccc(N2CCCC2=O)cc1.N.N. The normalized spacial score (nSPS) is 13.3. The van der Waals surface area contributed by atoms with Crippen molar-refractivity contribution >= 4 is 53.6 Å². The van der Waals surface area contributed by atoms with Crippen LogP contribution >= 0.6 is 0 Å². The second kappa shape index (κ2) is 24.3. The van der Waals surface area contributed by atoms with Crippen molar-refractivity contribution in [1.29, 1.82) is 0 Å². The Morgan fingerprint density at radius 1 is 0.934 bits per heavy atom. The maximum Gasteiger partial charge on any atom is 0.363 e. The fourth-order valence-electron chi connectivity index (χ4n) is 6.56. The van der Waals surface area contributed by atoms with Crippen molar-refractivity contribution in [2.75, 3.05) is 24.7 Å². The highest BCUT2D eigenvalue weighted by atomic mass is 16.7. The number of rotatable bonds is 23. The second-order valence-electron chi connectivity index (χ2n) is 13.6. The second-order valence-corrected chi connectivity index (χ2v) is 13.6. The molecule has 0 bridgehead atoms. The summed E-state index contributed by atoms with van der Waals surface area (Å²) in [4.78, 5) is 107. The lowest BCUT2D eigenvalue weighted by Crippen LogP contribution is -2.49. The quantitative estimate of drug-likeness (QED) is 0.0300. The first-order chi connectivity index (χ1) is 28.3. The van der Waals surface area contributed by atoms with Crippen LogP contribution in [0.2, 0.25) is 0 Å². The lowest BCUT2D eigenvalue weighted by atomic mass is 9.90. The Balaban J connectivity index is 0.00000641. The first-order valence-corrected chi connectivity index (χ1v) is 19.4. The van der Waals surface area contributed by atoms with Gasteiger partial charge in [-0.3, -0.25) is 28.8 Å². The van der Waals surface area contributed by atoms with Gasteiger partial charge in [-0.2, -0.15) is 5.06 Å². The first kappa shape index (κ1) is 50.3. The molecule has 0 aliphatic carbocycles. The van der Waals surface area contributed by atoms with Gasteiger partial charge < -0.3 is 57.4 Å². The zero-order valence-electron chi connectivity index (χ0n) is 34.5. The van der Waals surface area contributed by atoms with E-state index >= 15 is 0 Å². The van der Waals surface area contributed by atoms with Gasteiger partial charge >= 0.3 is 17.9 Å². The number of carboxylic acids is 2. The molecule has 332 valence electrons. The molecule has 5 amide bonds.